The molecule has 1 aliphatic heterocycles. The van der Waals surface area contributed by atoms with E-state index >= 15 is 0 Å². The molecular formula is C22H26N2O5S. The third-order valence-corrected chi connectivity index (χ3v) is 6.43. The van der Waals surface area contributed by atoms with Gasteiger partial charge in [0.15, 0.2) is 0 Å². The number of sulfonamides is 1. The van der Waals surface area contributed by atoms with Crippen LogP contribution in [0.2, 0.25) is 0 Å². The Balaban J connectivity index is 1.71. The quantitative estimate of drug-likeness (QED) is 0.658. The highest BCUT2D eigenvalue weighted by atomic mass is 32.2. The Labute approximate surface area is 177 Å². The first-order valence-corrected chi connectivity index (χ1v) is 11.6. The fourth-order valence-electron chi connectivity index (χ4n) is 3.59. The molecule has 7 nitrogen and oxygen atoms in total. The fraction of sp³-hybridized carbons (Fsp3) is 0.364. The van der Waals surface area contributed by atoms with E-state index in [0.717, 1.165) is 5.56 Å². The molecule has 0 aromatic heterocycles. The van der Waals surface area contributed by atoms with Gasteiger partial charge in [0.25, 0.3) is 5.91 Å². The molecule has 1 saturated heterocycles. The van der Waals surface area contributed by atoms with Gasteiger partial charge in [-0.2, -0.15) is 0 Å². The van der Waals surface area contributed by atoms with E-state index in [2.05, 4.69) is 0 Å². The highest BCUT2D eigenvalue weighted by Crippen LogP contribution is 2.24. The van der Waals surface area contributed by atoms with Crippen LogP contribution in [0.3, 0.4) is 0 Å². The van der Waals surface area contributed by atoms with E-state index in [1.165, 1.54) is 17.7 Å². The molecule has 0 unspecified atom stereocenters. The van der Waals surface area contributed by atoms with Crippen molar-refractivity contribution in [2.75, 3.05) is 30.8 Å². The van der Waals surface area contributed by atoms with E-state index in [-0.39, 0.29) is 24.3 Å². The lowest BCUT2D eigenvalue weighted by Gasteiger charge is -2.31. The van der Waals surface area contributed by atoms with Crippen LogP contribution in [0, 0.1) is 5.92 Å². The number of esters is 1. The molecule has 2 aromatic rings. The van der Waals surface area contributed by atoms with Gasteiger partial charge in [0.05, 0.1) is 31.5 Å². The van der Waals surface area contributed by atoms with Gasteiger partial charge < -0.3 is 9.64 Å². The largest absolute Gasteiger partial charge is 0.469 e. The van der Waals surface area contributed by atoms with E-state index < -0.39 is 10.0 Å². The summed E-state index contributed by atoms with van der Waals surface area (Å²) in [5.74, 6) is -0.521. The van der Waals surface area contributed by atoms with Crippen molar-refractivity contribution in [3.05, 3.63) is 65.7 Å². The number of amides is 1. The van der Waals surface area contributed by atoms with E-state index in [9.17, 15) is 18.0 Å². The third kappa shape index (κ3) is 5.18. The maximum atomic E-state index is 12.8. The Kier molecular flexibility index (Phi) is 6.77. The number of hydrogen-bond donors (Lipinski definition) is 0. The van der Waals surface area contributed by atoms with Gasteiger partial charge in [-0.1, -0.05) is 30.3 Å². The summed E-state index contributed by atoms with van der Waals surface area (Å²) < 4.78 is 30.7. The molecule has 30 heavy (non-hydrogen) atoms. The van der Waals surface area contributed by atoms with Crippen LogP contribution in [0.4, 0.5) is 5.69 Å². The van der Waals surface area contributed by atoms with Crippen LogP contribution in [-0.2, 0) is 26.1 Å². The zero-order chi connectivity index (χ0) is 21.7. The normalized spacial score (nSPS) is 14.9. The zero-order valence-corrected chi connectivity index (χ0v) is 18.0. The van der Waals surface area contributed by atoms with Crippen LogP contribution in [0.5, 0.6) is 0 Å². The van der Waals surface area contributed by atoms with Gasteiger partial charge in [0.1, 0.15) is 0 Å². The van der Waals surface area contributed by atoms with Crippen molar-refractivity contribution < 1.29 is 22.7 Å². The maximum Gasteiger partial charge on any atom is 0.308 e. The molecule has 160 valence electrons. The summed E-state index contributed by atoms with van der Waals surface area (Å²) in [6.07, 6.45) is 2.32. The topological polar surface area (TPSA) is 84.0 Å². The Morgan fingerprint density at radius 1 is 1.03 bits per heavy atom. The summed E-state index contributed by atoms with van der Waals surface area (Å²) in [5, 5.41) is 0. The van der Waals surface area contributed by atoms with Crippen LogP contribution in [0.15, 0.2) is 54.6 Å². The van der Waals surface area contributed by atoms with E-state index in [4.69, 9.17) is 4.74 Å². The predicted molar refractivity (Wildman–Crippen MR) is 115 cm³/mol. The second-order valence-corrected chi connectivity index (χ2v) is 9.30. The van der Waals surface area contributed by atoms with E-state index in [1.807, 2.05) is 30.3 Å². The van der Waals surface area contributed by atoms with Gasteiger partial charge in [-0.15, -0.1) is 0 Å². The molecule has 1 heterocycles. The van der Waals surface area contributed by atoms with Crippen molar-refractivity contribution in [1.82, 2.24) is 4.90 Å². The molecule has 0 bridgehead atoms. The first-order chi connectivity index (χ1) is 14.3. The van der Waals surface area contributed by atoms with Gasteiger partial charge in [-0.25, -0.2) is 8.42 Å². The Morgan fingerprint density at radius 2 is 1.63 bits per heavy atom. The number of nitrogens with zero attached hydrogens (tertiary/aromatic N) is 2. The Hall–Kier alpha value is -2.87. The number of piperidine rings is 1. The van der Waals surface area contributed by atoms with Crippen LogP contribution >= 0.6 is 0 Å². The fourth-order valence-corrected chi connectivity index (χ4v) is 4.48. The summed E-state index contributed by atoms with van der Waals surface area (Å²) in [6.45, 7) is 1.20. The second kappa shape index (κ2) is 9.30. The molecule has 2 aromatic carbocycles. The van der Waals surface area contributed by atoms with Crippen molar-refractivity contribution in [3.63, 3.8) is 0 Å². The van der Waals surface area contributed by atoms with Crippen molar-refractivity contribution in [1.29, 1.82) is 0 Å². The predicted octanol–water partition coefficient (Wildman–Crippen LogP) is 2.68. The molecule has 0 saturated carbocycles. The second-order valence-electron chi connectivity index (χ2n) is 7.39. The number of likely N-dealkylation sites (tertiary alicyclic amines) is 1. The average molecular weight is 431 g/mol. The summed E-state index contributed by atoms with van der Waals surface area (Å²) in [4.78, 5) is 26.2. The smallest absolute Gasteiger partial charge is 0.308 e. The molecule has 1 amide bonds. The van der Waals surface area contributed by atoms with Crippen LogP contribution < -0.4 is 4.31 Å². The molecule has 1 fully saturated rings. The van der Waals surface area contributed by atoms with Crippen molar-refractivity contribution in [3.8, 4) is 0 Å². The van der Waals surface area contributed by atoms with Crippen LogP contribution in [0.25, 0.3) is 0 Å². The molecule has 3 rings (SSSR count). The number of carbonyl (C=O) groups is 2. The lowest BCUT2D eigenvalue weighted by Crippen LogP contribution is -2.40. The number of hydrogen-bond acceptors (Lipinski definition) is 5. The minimum Gasteiger partial charge on any atom is -0.469 e. The number of ether oxygens (including phenoxy) is 1. The SMILES string of the molecule is COC(=O)C1CCN(C(=O)c2ccc(N(Cc3ccccc3)S(C)(=O)=O)cc2)CC1. The molecule has 0 radical (unpaired) electrons. The number of benzene rings is 2. The zero-order valence-electron chi connectivity index (χ0n) is 17.2. The van der Waals surface area contributed by atoms with E-state index in [1.54, 1.807) is 29.2 Å². The van der Waals surface area contributed by atoms with Gasteiger partial charge in [-0.05, 0) is 42.7 Å². The van der Waals surface area contributed by atoms with Crippen molar-refractivity contribution in [2.45, 2.75) is 19.4 Å². The summed E-state index contributed by atoms with van der Waals surface area (Å²) in [6, 6.07) is 15.9. The first kappa shape index (κ1) is 21.8. The van der Waals surface area contributed by atoms with Gasteiger partial charge in [-0.3, -0.25) is 13.9 Å². The first-order valence-electron chi connectivity index (χ1n) is 9.78. The van der Waals surface area contributed by atoms with Gasteiger partial charge >= 0.3 is 5.97 Å². The standard InChI is InChI=1S/C22H26N2O5S/c1-29-22(26)19-12-14-23(15-13-19)21(25)18-8-10-20(11-9-18)24(30(2,27)28)16-17-6-4-3-5-7-17/h3-11,19H,12-16H2,1-2H3. The van der Waals surface area contributed by atoms with Crippen LogP contribution in [0.1, 0.15) is 28.8 Å². The number of methoxy groups -OCH3 is 1. The van der Waals surface area contributed by atoms with Gasteiger partial charge in [0.2, 0.25) is 10.0 Å². The summed E-state index contributed by atoms with van der Waals surface area (Å²) >= 11 is 0. The molecular weight excluding hydrogens is 404 g/mol. The van der Waals surface area contributed by atoms with Crippen molar-refractivity contribution in [2.24, 2.45) is 5.92 Å². The molecule has 0 atom stereocenters. The van der Waals surface area contributed by atoms with Crippen LogP contribution in [-0.4, -0.2) is 51.6 Å². The third-order valence-electron chi connectivity index (χ3n) is 5.29. The minimum atomic E-state index is -3.49. The van der Waals surface area contributed by atoms with Gasteiger partial charge in [0, 0.05) is 18.7 Å². The number of rotatable bonds is 6. The molecule has 0 aliphatic carbocycles. The Morgan fingerprint density at radius 3 is 2.17 bits per heavy atom. The maximum absolute atomic E-state index is 12.8. The average Bonchev–Trinajstić information content (AvgIpc) is 2.76. The minimum absolute atomic E-state index is 0.126. The van der Waals surface area contributed by atoms with E-state index in [0.29, 0.717) is 37.2 Å². The number of anilines is 1. The summed E-state index contributed by atoms with van der Waals surface area (Å²) in [5.41, 5.74) is 1.86. The molecule has 1 aliphatic rings. The Bertz CT molecular complexity index is 982. The van der Waals surface area contributed by atoms with Crippen molar-refractivity contribution >= 4 is 27.6 Å². The monoisotopic (exact) mass is 430 g/mol. The highest BCUT2D eigenvalue weighted by Gasteiger charge is 2.28. The molecule has 0 N–H and O–H groups in total. The summed E-state index contributed by atoms with van der Waals surface area (Å²) in [7, 11) is -2.12. The molecule has 0 spiro atoms. The lowest BCUT2D eigenvalue weighted by molar-refractivity contribution is -0.146. The number of carbonyl (C=O) groups excluding carboxylic acids is 2. The highest BCUT2D eigenvalue weighted by molar-refractivity contribution is 7.92. The lowest BCUT2D eigenvalue weighted by atomic mass is 9.96. The molecule has 8 heteroatoms.